The van der Waals surface area contributed by atoms with Crippen LogP contribution in [0.5, 0.6) is 0 Å². The zero-order chi connectivity index (χ0) is 20.2. The van der Waals surface area contributed by atoms with Gasteiger partial charge in [-0.05, 0) is 42.7 Å². The van der Waals surface area contributed by atoms with Gasteiger partial charge in [0.15, 0.2) is 0 Å². The molecule has 1 aliphatic rings. The van der Waals surface area contributed by atoms with E-state index in [4.69, 9.17) is 0 Å². The van der Waals surface area contributed by atoms with Crippen molar-refractivity contribution in [1.29, 1.82) is 0 Å². The molecule has 5 nitrogen and oxygen atoms in total. The van der Waals surface area contributed by atoms with E-state index in [-0.39, 0.29) is 44.0 Å². The van der Waals surface area contributed by atoms with Gasteiger partial charge in [-0.15, -0.1) is 0 Å². The highest BCUT2D eigenvalue weighted by Crippen LogP contribution is 2.43. The SMILES string of the molecule is CC1(C(=O)NCc2ccc(C(=O)Nc3ccncc3)cc2)CCC(F)(F)CC1. The van der Waals surface area contributed by atoms with Gasteiger partial charge in [0.25, 0.3) is 5.91 Å². The highest BCUT2D eigenvalue weighted by Gasteiger charge is 2.44. The van der Waals surface area contributed by atoms with E-state index in [9.17, 15) is 18.4 Å². The van der Waals surface area contributed by atoms with E-state index in [1.165, 1.54) is 0 Å². The van der Waals surface area contributed by atoms with Crippen molar-refractivity contribution in [2.75, 3.05) is 5.32 Å². The number of amides is 2. The maximum absolute atomic E-state index is 13.3. The molecule has 0 aliphatic heterocycles. The molecule has 1 aromatic carbocycles. The lowest BCUT2D eigenvalue weighted by Crippen LogP contribution is -2.43. The van der Waals surface area contributed by atoms with Gasteiger partial charge >= 0.3 is 0 Å². The summed E-state index contributed by atoms with van der Waals surface area (Å²) >= 11 is 0. The largest absolute Gasteiger partial charge is 0.352 e. The smallest absolute Gasteiger partial charge is 0.255 e. The number of carbonyl (C=O) groups is 2. The second kappa shape index (κ2) is 8.04. The molecule has 1 aromatic heterocycles. The van der Waals surface area contributed by atoms with Gasteiger partial charge < -0.3 is 10.6 Å². The molecule has 2 N–H and O–H groups in total. The summed E-state index contributed by atoms with van der Waals surface area (Å²) in [5, 5.41) is 5.61. The van der Waals surface area contributed by atoms with Crippen molar-refractivity contribution in [3.8, 4) is 0 Å². The van der Waals surface area contributed by atoms with Crippen LogP contribution in [0.3, 0.4) is 0 Å². The van der Waals surface area contributed by atoms with Crippen LogP contribution in [0.1, 0.15) is 48.5 Å². The fourth-order valence-corrected chi connectivity index (χ4v) is 3.20. The molecule has 0 atom stereocenters. The van der Waals surface area contributed by atoms with E-state index >= 15 is 0 Å². The monoisotopic (exact) mass is 387 g/mol. The molecule has 0 saturated heterocycles. The fraction of sp³-hybridized carbons (Fsp3) is 0.381. The molecule has 0 spiro atoms. The molecule has 1 aliphatic carbocycles. The molecule has 0 bridgehead atoms. The molecule has 2 amide bonds. The summed E-state index contributed by atoms with van der Waals surface area (Å²) < 4.78 is 26.7. The van der Waals surface area contributed by atoms with Crippen LogP contribution in [0.15, 0.2) is 48.8 Å². The Kier molecular flexibility index (Phi) is 5.72. The number of pyridine rings is 1. The molecule has 0 radical (unpaired) electrons. The highest BCUT2D eigenvalue weighted by atomic mass is 19.3. The number of nitrogens with one attached hydrogen (secondary N) is 2. The van der Waals surface area contributed by atoms with Gasteiger partial charge in [-0.2, -0.15) is 0 Å². The number of hydrogen-bond donors (Lipinski definition) is 2. The summed E-state index contributed by atoms with van der Waals surface area (Å²) in [6.45, 7) is 2.03. The van der Waals surface area contributed by atoms with Gasteiger partial charge in [0.05, 0.1) is 0 Å². The lowest BCUT2D eigenvalue weighted by molar-refractivity contribution is -0.137. The van der Waals surface area contributed by atoms with Crippen molar-refractivity contribution in [1.82, 2.24) is 10.3 Å². The third-order valence-electron chi connectivity index (χ3n) is 5.24. The Morgan fingerprint density at radius 3 is 2.21 bits per heavy atom. The average molecular weight is 387 g/mol. The predicted octanol–water partition coefficient (Wildman–Crippen LogP) is 4.17. The number of carbonyl (C=O) groups excluding carboxylic acids is 2. The minimum Gasteiger partial charge on any atom is -0.352 e. The van der Waals surface area contributed by atoms with Crippen molar-refractivity contribution in [2.45, 2.75) is 45.1 Å². The molecule has 1 heterocycles. The van der Waals surface area contributed by atoms with Crippen molar-refractivity contribution in [2.24, 2.45) is 5.41 Å². The number of rotatable bonds is 5. The van der Waals surface area contributed by atoms with Gasteiger partial charge in [-0.25, -0.2) is 8.78 Å². The Morgan fingerprint density at radius 1 is 1.00 bits per heavy atom. The summed E-state index contributed by atoms with van der Waals surface area (Å²) in [6.07, 6.45) is 3.04. The summed E-state index contributed by atoms with van der Waals surface area (Å²) in [7, 11) is 0. The van der Waals surface area contributed by atoms with Crippen LogP contribution in [-0.4, -0.2) is 22.7 Å². The van der Waals surface area contributed by atoms with E-state index in [2.05, 4.69) is 15.6 Å². The fourth-order valence-electron chi connectivity index (χ4n) is 3.20. The van der Waals surface area contributed by atoms with Crippen LogP contribution < -0.4 is 10.6 Å². The Labute approximate surface area is 162 Å². The molecule has 28 heavy (non-hydrogen) atoms. The maximum Gasteiger partial charge on any atom is 0.255 e. The first kappa shape index (κ1) is 19.9. The van der Waals surface area contributed by atoms with E-state index < -0.39 is 11.3 Å². The lowest BCUT2D eigenvalue weighted by atomic mass is 9.73. The Bertz CT molecular complexity index is 828. The first-order valence-electron chi connectivity index (χ1n) is 9.24. The van der Waals surface area contributed by atoms with E-state index in [0.29, 0.717) is 11.3 Å². The van der Waals surface area contributed by atoms with Crippen molar-refractivity contribution >= 4 is 17.5 Å². The number of nitrogens with zero attached hydrogens (tertiary/aromatic N) is 1. The number of hydrogen-bond acceptors (Lipinski definition) is 3. The molecular weight excluding hydrogens is 364 g/mol. The number of aromatic nitrogens is 1. The molecule has 0 unspecified atom stereocenters. The minimum atomic E-state index is -2.66. The van der Waals surface area contributed by atoms with Gasteiger partial charge in [0.1, 0.15) is 0 Å². The van der Waals surface area contributed by atoms with Gasteiger partial charge in [0.2, 0.25) is 11.8 Å². The van der Waals surface area contributed by atoms with Gasteiger partial charge in [-0.1, -0.05) is 19.1 Å². The molecule has 148 valence electrons. The summed E-state index contributed by atoms with van der Waals surface area (Å²) in [5.41, 5.74) is 1.22. The maximum atomic E-state index is 13.3. The van der Waals surface area contributed by atoms with Crippen LogP contribution >= 0.6 is 0 Å². The molecule has 2 aromatic rings. The van der Waals surface area contributed by atoms with Crippen molar-refractivity contribution in [3.63, 3.8) is 0 Å². The second-order valence-corrected chi connectivity index (χ2v) is 7.49. The van der Waals surface area contributed by atoms with Crippen LogP contribution in [-0.2, 0) is 11.3 Å². The minimum absolute atomic E-state index is 0.181. The molecule has 1 fully saturated rings. The normalized spacial score (nSPS) is 17.5. The topological polar surface area (TPSA) is 71.1 Å². The third-order valence-corrected chi connectivity index (χ3v) is 5.24. The molecule has 1 saturated carbocycles. The number of benzene rings is 1. The van der Waals surface area contributed by atoms with Crippen molar-refractivity contribution in [3.05, 3.63) is 59.9 Å². The number of alkyl halides is 2. The van der Waals surface area contributed by atoms with Crippen LogP contribution in [0.25, 0.3) is 0 Å². The van der Waals surface area contributed by atoms with Gasteiger partial charge in [0, 0.05) is 48.4 Å². The summed E-state index contributed by atoms with van der Waals surface area (Å²) in [4.78, 5) is 28.6. The average Bonchev–Trinajstić information content (AvgIpc) is 2.70. The first-order chi connectivity index (χ1) is 13.3. The number of anilines is 1. The Morgan fingerprint density at radius 2 is 1.61 bits per heavy atom. The highest BCUT2D eigenvalue weighted by molar-refractivity contribution is 6.04. The molecule has 7 heteroatoms. The quantitative estimate of drug-likeness (QED) is 0.809. The standard InChI is InChI=1S/C21H23F2N3O2/c1-20(8-10-21(22,23)11-9-20)19(28)25-14-15-2-4-16(5-3-15)18(27)26-17-6-12-24-13-7-17/h2-7,12-13H,8-11,14H2,1H3,(H,25,28)(H,24,26,27). The van der Waals surface area contributed by atoms with E-state index in [1.54, 1.807) is 55.7 Å². The predicted molar refractivity (Wildman–Crippen MR) is 102 cm³/mol. The van der Waals surface area contributed by atoms with Crippen molar-refractivity contribution < 1.29 is 18.4 Å². The van der Waals surface area contributed by atoms with Crippen LogP contribution in [0, 0.1) is 5.41 Å². The van der Waals surface area contributed by atoms with Crippen LogP contribution in [0.2, 0.25) is 0 Å². The number of halogens is 2. The zero-order valence-electron chi connectivity index (χ0n) is 15.7. The summed E-state index contributed by atoms with van der Waals surface area (Å²) in [6, 6.07) is 10.3. The van der Waals surface area contributed by atoms with E-state index in [1.807, 2.05) is 0 Å². The third kappa shape index (κ3) is 4.91. The lowest BCUT2D eigenvalue weighted by Gasteiger charge is -2.35. The zero-order valence-corrected chi connectivity index (χ0v) is 15.7. The Hall–Kier alpha value is -2.83. The summed E-state index contributed by atoms with van der Waals surface area (Å²) in [5.74, 6) is -3.10. The second-order valence-electron chi connectivity index (χ2n) is 7.49. The van der Waals surface area contributed by atoms with Gasteiger partial charge in [-0.3, -0.25) is 14.6 Å². The van der Waals surface area contributed by atoms with E-state index in [0.717, 1.165) is 5.56 Å². The first-order valence-corrected chi connectivity index (χ1v) is 9.24. The molecular formula is C21H23F2N3O2. The van der Waals surface area contributed by atoms with Crippen LogP contribution in [0.4, 0.5) is 14.5 Å². The molecule has 3 rings (SSSR count). The Balaban J connectivity index is 1.53.